The highest BCUT2D eigenvalue weighted by Gasteiger charge is 2.13. The van der Waals surface area contributed by atoms with Gasteiger partial charge in [-0.2, -0.15) is 0 Å². The number of phenols is 2. The average molecular weight is 282 g/mol. The normalized spacial score (nSPS) is 10.2. The lowest BCUT2D eigenvalue weighted by Gasteiger charge is -2.07. The van der Waals surface area contributed by atoms with Crippen molar-refractivity contribution >= 4 is 23.2 Å². The summed E-state index contributed by atoms with van der Waals surface area (Å²) in [6, 6.07) is 7.08. The highest BCUT2D eigenvalue weighted by molar-refractivity contribution is 6.31. The number of amides is 1. The van der Waals surface area contributed by atoms with Gasteiger partial charge >= 0.3 is 0 Å². The quantitative estimate of drug-likeness (QED) is 0.741. The maximum atomic E-state index is 13.1. The molecule has 0 aliphatic carbocycles. The number of aromatic hydroxyl groups is 2. The van der Waals surface area contributed by atoms with Crippen molar-refractivity contribution in [2.24, 2.45) is 0 Å². The van der Waals surface area contributed by atoms with Gasteiger partial charge in [0.05, 0.1) is 5.56 Å². The second-order valence-corrected chi connectivity index (χ2v) is 4.25. The van der Waals surface area contributed by atoms with Gasteiger partial charge in [0.2, 0.25) is 0 Å². The van der Waals surface area contributed by atoms with Crippen LogP contribution in [0.5, 0.6) is 11.5 Å². The molecule has 19 heavy (non-hydrogen) atoms. The third-order valence-corrected chi connectivity index (χ3v) is 2.56. The van der Waals surface area contributed by atoms with Crippen molar-refractivity contribution in [2.45, 2.75) is 0 Å². The summed E-state index contributed by atoms with van der Waals surface area (Å²) in [6.45, 7) is 0. The van der Waals surface area contributed by atoms with Gasteiger partial charge in [0.15, 0.2) is 0 Å². The van der Waals surface area contributed by atoms with E-state index in [1.807, 2.05) is 0 Å². The van der Waals surface area contributed by atoms with Gasteiger partial charge in [-0.15, -0.1) is 0 Å². The Morgan fingerprint density at radius 2 is 1.89 bits per heavy atom. The Kier molecular flexibility index (Phi) is 3.57. The van der Waals surface area contributed by atoms with Crippen LogP contribution in [0.2, 0.25) is 5.02 Å². The topological polar surface area (TPSA) is 69.6 Å². The van der Waals surface area contributed by atoms with Crippen LogP contribution < -0.4 is 5.32 Å². The van der Waals surface area contributed by atoms with Gasteiger partial charge in [0, 0.05) is 10.7 Å². The minimum absolute atomic E-state index is 0.125. The first-order valence-corrected chi connectivity index (χ1v) is 5.63. The molecule has 0 radical (unpaired) electrons. The predicted molar refractivity (Wildman–Crippen MR) is 69.1 cm³/mol. The Hall–Kier alpha value is -2.27. The van der Waals surface area contributed by atoms with Crippen molar-refractivity contribution < 1.29 is 19.4 Å². The Labute approximate surface area is 113 Å². The summed E-state index contributed by atoms with van der Waals surface area (Å²) in [4.78, 5) is 11.9. The molecule has 6 heteroatoms. The van der Waals surface area contributed by atoms with E-state index in [9.17, 15) is 19.4 Å². The number of rotatable bonds is 2. The molecule has 0 spiro atoms. The number of halogens is 2. The monoisotopic (exact) mass is 281 g/mol. The Morgan fingerprint density at radius 1 is 1.16 bits per heavy atom. The summed E-state index contributed by atoms with van der Waals surface area (Å²) in [5, 5.41) is 21.3. The van der Waals surface area contributed by atoms with Crippen LogP contribution in [0.4, 0.5) is 10.1 Å². The third kappa shape index (κ3) is 3.14. The highest BCUT2D eigenvalue weighted by Crippen LogP contribution is 2.24. The maximum Gasteiger partial charge on any atom is 0.259 e. The van der Waals surface area contributed by atoms with E-state index in [1.165, 1.54) is 18.2 Å². The molecule has 0 unspecified atom stereocenters. The van der Waals surface area contributed by atoms with Gasteiger partial charge in [-0.3, -0.25) is 4.79 Å². The number of nitrogens with one attached hydrogen (secondary N) is 1. The van der Waals surface area contributed by atoms with Gasteiger partial charge in [0.1, 0.15) is 17.3 Å². The van der Waals surface area contributed by atoms with Crippen molar-refractivity contribution in [1.82, 2.24) is 0 Å². The van der Waals surface area contributed by atoms with Gasteiger partial charge in [-0.05, 0) is 36.4 Å². The van der Waals surface area contributed by atoms with E-state index < -0.39 is 11.7 Å². The molecule has 4 nitrogen and oxygen atoms in total. The highest BCUT2D eigenvalue weighted by atomic mass is 35.5. The summed E-state index contributed by atoms with van der Waals surface area (Å²) in [5.74, 6) is -1.74. The molecular weight excluding hydrogens is 273 g/mol. The summed E-state index contributed by atoms with van der Waals surface area (Å²) in [7, 11) is 0. The molecule has 0 bridgehead atoms. The smallest absolute Gasteiger partial charge is 0.259 e. The lowest BCUT2D eigenvalue weighted by atomic mass is 10.1. The number of phenolic OH excluding ortho intramolecular Hbond substituents is 2. The zero-order chi connectivity index (χ0) is 14.0. The van der Waals surface area contributed by atoms with E-state index in [-0.39, 0.29) is 27.8 Å². The molecule has 2 rings (SSSR count). The van der Waals surface area contributed by atoms with Crippen LogP contribution in [0.1, 0.15) is 10.4 Å². The van der Waals surface area contributed by atoms with Crippen LogP contribution >= 0.6 is 11.6 Å². The summed E-state index contributed by atoms with van der Waals surface area (Å²) >= 11 is 5.66. The molecule has 0 heterocycles. The van der Waals surface area contributed by atoms with E-state index in [2.05, 4.69) is 5.32 Å². The molecule has 0 saturated heterocycles. The Bertz CT molecular complexity index is 626. The average Bonchev–Trinajstić information content (AvgIpc) is 2.30. The van der Waals surface area contributed by atoms with Gasteiger partial charge in [0.25, 0.3) is 5.91 Å². The minimum Gasteiger partial charge on any atom is -0.508 e. The maximum absolute atomic E-state index is 13.1. The Balaban J connectivity index is 2.28. The molecule has 0 saturated carbocycles. The van der Waals surface area contributed by atoms with Crippen molar-refractivity contribution in [3.8, 4) is 11.5 Å². The lowest BCUT2D eigenvalue weighted by Crippen LogP contribution is -2.12. The molecule has 0 aromatic heterocycles. The van der Waals surface area contributed by atoms with Crippen LogP contribution in [0.3, 0.4) is 0 Å². The Morgan fingerprint density at radius 3 is 2.58 bits per heavy atom. The van der Waals surface area contributed by atoms with Gasteiger partial charge < -0.3 is 15.5 Å². The second-order valence-electron chi connectivity index (χ2n) is 3.81. The van der Waals surface area contributed by atoms with Crippen molar-refractivity contribution in [2.75, 3.05) is 5.32 Å². The standard InChI is InChI=1S/C13H9ClFNO3/c14-7-3-8(15)5-9(4-7)16-13(19)11-6-10(17)1-2-12(11)18/h1-6,17-18H,(H,16,19). The summed E-state index contributed by atoms with van der Waals surface area (Å²) in [5.41, 5.74) is 0.0260. The molecule has 0 fully saturated rings. The van der Waals surface area contributed by atoms with E-state index in [0.717, 1.165) is 18.2 Å². The lowest BCUT2D eigenvalue weighted by molar-refractivity contribution is 0.102. The van der Waals surface area contributed by atoms with E-state index in [0.29, 0.717) is 0 Å². The van der Waals surface area contributed by atoms with Crippen LogP contribution in [0.15, 0.2) is 36.4 Å². The molecule has 98 valence electrons. The summed E-state index contributed by atoms with van der Waals surface area (Å²) in [6.07, 6.45) is 0. The molecule has 0 atom stereocenters. The first kappa shape index (κ1) is 13.2. The third-order valence-electron chi connectivity index (χ3n) is 2.35. The summed E-state index contributed by atoms with van der Waals surface area (Å²) < 4.78 is 13.1. The second kappa shape index (κ2) is 5.16. The SMILES string of the molecule is O=C(Nc1cc(F)cc(Cl)c1)c1cc(O)ccc1O. The van der Waals surface area contributed by atoms with E-state index >= 15 is 0 Å². The van der Waals surface area contributed by atoms with Crippen molar-refractivity contribution in [1.29, 1.82) is 0 Å². The zero-order valence-corrected chi connectivity index (χ0v) is 10.3. The fourth-order valence-electron chi connectivity index (χ4n) is 1.53. The molecule has 0 aliphatic rings. The molecule has 3 N–H and O–H groups in total. The molecule has 2 aromatic rings. The number of hydrogen-bond acceptors (Lipinski definition) is 3. The number of hydrogen-bond donors (Lipinski definition) is 3. The fraction of sp³-hybridized carbons (Fsp3) is 0. The van der Waals surface area contributed by atoms with Crippen molar-refractivity contribution in [3.63, 3.8) is 0 Å². The number of carbonyl (C=O) groups excluding carboxylic acids is 1. The molecule has 1 amide bonds. The first-order valence-electron chi connectivity index (χ1n) is 5.25. The van der Waals surface area contributed by atoms with Crippen LogP contribution in [0.25, 0.3) is 0 Å². The molecule has 2 aromatic carbocycles. The van der Waals surface area contributed by atoms with Crippen LogP contribution in [-0.2, 0) is 0 Å². The largest absolute Gasteiger partial charge is 0.508 e. The number of carbonyl (C=O) groups is 1. The number of benzene rings is 2. The van der Waals surface area contributed by atoms with Gasteiger partial charge in [-0.1, -0.05) is 11.6 Å². The molecule has 0 aliphatic heterocycles. The zero-order valence-electron chi connectivity index (χ0n) is 9.52. The van der Waals surface area contributed by atoms with Crippen LogP contribution in [-0.4, -0.2) is 16.1 Å². The van der Waals surface area contributed by atoms with Gasteiger partial charge in [-0.25, -0.2) is 4.39 Å². The predicted octanol–water partition coefficient (Wildman–Crippen LogP) is 3.14. The fourth-order valence-corrected chi connectivity index (χ4v) is 1.75. The van der Waals surface area contributed by atoms with Crippen molar-refractivity contribution in [3.05, 3.63) is 52.8 Å². The van der Waals surface area contributed by atoms with E-state index in [4.69, 9.17) is 11.6 Å². The molecular formula is C13H9ClFNO3. The van der Waals surface area contributed by atoms with E-state index in [1.54, 1.807) is 0 Å². The minimum atomic E-state index is -0.685. The number of anilines is 1. The van der Waals surface area contributed by atoms with Crippen LogP contribution in [0, 0.1) is 5.82 Å². The first-order chi connectivity index (χ1) is 8.95.